The summed E-state index contributed by atoms with van der Waals surface area (Å²) in [6.07, 6.45) is -4.77. The number of fused-ring (bicyclic) bond motifs is 1. The molecule has 1 N–H and O–H groups in total. The molecule has 0 aliphatic carbocycles. The first-order chi connectivity index (χ1) is 19.1. The standard InChI is InChI=1S/C32H32O7/c1-35-32-30(39-31(34)25-13-6-3-7-14-25)29(37-20-22-10-4-2-5-11-22)28(33)27(38-32)21-36-19-23-16-17-24-12-8-9-15-26(24)18-23/h2-18,27-30,32-33H,19-21H2,1H3/t27?,28-,29-,30+,32?/m0/s1. The molecule has 1 heterocycles. The summed E-state index contributed by atoms with van der Waals surface area (Å²) in [5.41, 5.74) is 2.31. The quantitative estimate of drug-likeness (QED) is 0.293. The maximum atomic E-state index is 12.9. The van der Waals surface area contributed by atoms with Crippen LogP contribution in [0.3, 0.4) is 0 Å². The molecule has 5 atom stereocenters. The largest absolute Gasteiger partial charge is 0.450 e. The SMILES string of the molecule is COC1OC(COCc2ccc3ccccc3c2)[C@H](O)[C@H](OCc2ccccc2)[C@H]1OC(=O)c1ccccc1. The van der Waals surface area contributed by atoms with Gasteiger partial charge in [0.15, 0.2) is 12.4 Å². The number of rotatable bonds is 10. The smallest absolute Gasteiger partial charge is 0.338 e. The number of benzene rings is 4. The molecule has 7 heteroatoms. The number of aliphatic hydroxyl groups excluding tert-OH is 1. The molecule has 0 amide bonds. The first kappa shape index (κ1) is 27.0. The molecule has 1 saturated heterocycles. The number of aliphatic hydroxyl groups is 1. The molecule has 5 rings (SSSR count). The van der Waals surface area contributed by atoms with Crippen molar-refractivity contribution in [2.24, 2.45) is 0 Å². The van der Waals surface area contributed by atoms with Crippen LogP contribution in [0.4, 0.5) is 0 Å². The highest BCUT2D eigenvalue weighted by Crippen LogP contribution is 2.29. The molecule has 0 spiro atoms. The van der Waals surface area contributed by atoms with Crippen LogP contribution in [0.1, 0.15) is 21.5 Å². The van der Waals surface area contributed by atoms with E-state index in [1.54, 1.807) is 24.3 Å². The van der Waals surface area contributed by atoms with Gasteiger partial charge in [0.1, 0.15) is 18.3 Å². The Morgan fingerprint density at radius 3 is 2.23 bits per heavy atom. The summed E-state index contributed by atoms with van der Waals surface area (Å²) in [5, 5.41) is 13.6. The number of esters is 1. The van der Waals surface area contributed by atoms with E-state index in [4.69, 9.17) is 23.7 Å². The number of hydrogen-bond acceptors (Lipinski definition) is 7. The Morgan fingerprint density at radius 2 is 1.49 bits per heavy atom. The lowest BCUT2D eigenvalue weighted by Crippen LogP contribution is -2.61. The molecule has 1 aliphatic heterocycles. The second kappa shape index (κ2) is 13.0. The molecule has 7 nitrogen and oxygen atoms in total. The van der Waals surface area contributed by atoms with Crippen LogP contribution in [0.25, 0.3) is 10.8 Å². The van der Waals surface area contributed by atoms with Crippen molar-refractivity contribution >= 4 is 16.7 Å². The van der Waals surface area contributed by atoms with Gasteiger partial charge in [0, 0.05) is 7.11 Å². The lowest BCUT2D eigenvalue weighted by molar-refractivity contribution is -0.304. The molecule has 39 heavy (non-hydrogen) atoms. The molecule has 202 valence electrons. The highest BCUT2D eigenvalue weighted by atomic mass is 16.7. The van der Waals surface area contributed by atoms with E-state index in [2.05, 4.69) is 24.3 Å². The van der Waals surface area contributed by atoms with Gasteiger partial charge < -0.3 is 28.8 Å². The second-order valence-corrected chi connectivity index (χ2v) is 9.46. The zero-order valence-electron chi connectivity index (χ0n) is 21.7. The van der Waals surface area contributed by atoms with Gasteiger partial charge in [0.05, 0.1) is 25.4 Å². The van der Waals surface area contributed by atoms with Crippen molar-refractivity contribution in [1.82, 2.24) is 0 Å². The molecule has 4 aromatic carbocycles. The molecule has 0 bridgehead atoms. The van der Waals surface area contributed by atoms with Crippen molar-refractivity contribution in [3.8, 4) is 0 Å². The fourth-order valence-corrected chi connectivity index (χ4v) is 4.69. The Kier molecular flexibility index (Phi) is 8.98. The van der Waals surface area contributed by atoms with E-state index in [-0.39, 0.29) is 13.2 Å². The summed E-state index contributed by atoms with van der Waals surface area (Å²) >= 11 is 0. The molecule has 0 saturated carbocycles. The van der Waals surface area contributed by atoms with Crippen LogP contribution >= 0.6 is 0 Å². The van der Waals surface area contributed by atoms with Crippen molar-refractivity contribution in [3.63, 3.8) is 0 Å². The summed E-state index contributed by atoms with van der Waals surface area (Å²) < 4.78 is 29.5. The number of ether oxygens (including phenoxy) is 5. The number of carbonyl (C=O) groups excluding carboxylic acids is 1. The van der Waals surface area contributed by atoms with Gasteiger partial charge in [0.25, 0.3) is 0 Å². The third-order valence-electron chi connectivity index (χ3n) is 6.75. The monoisotopic (exact) mass is 528 g/mol. The predicted molar refractivity (Wildman–Crippen MR) is 146 cm³/mol. The van der Waals surface area contributed by atoms with Gasteiger partial charge in [-0.3, -0.25) is 0 Å². The summed E-state index contributed by atoms with van der Waals surface area (Å²) in [6.45, 7) is 0.651. The van der Waals surface area contributed by atoms with Crippen molar-refractivity contribution in [3.05, 3.63) is 120 Å². The summed E-state index contributed by atoms with van der Waals surface area (Å²) in [4.78, 5) is 12.9. The van der Waals surface area contributed by atoms with Crippen molar-refractivity contribution in [2.45, 2.75) is 43.9 Å². The minimum Gasteiger partial charge on any atom is -0.450 e. The molecule has 1 fully saturated rings. The number of methoxy groups -OCH3 is 1. The molecule has 4 aromatic rings. The van der Waals surface area contributed by atoms with E-state index in [9.17, 15) is 9.90 Å². The van der Waals surface area contributed by atoms with Gasteiger partial charge in [-0.05, 0) is 40.1 Å². The van der Waals surface area contributed by atoms with Crippen molar-refractivity contribution in [1.29, 1.82) is 0 Å². The lowest BCUT2D eigenvalue weighted by Gasteiger charge is -2.43. The van der Waals surface area contributed by atoms with Crippen LogP contribution in [0.2, 0.25) is 0 Å². The first-order valence-corrected chi connectivity index (χ1v) is 13.0. The normalized spacial score (nSPS) is 23.0. The third-order valence-corrected chi connectivity index (χ3v) is 6.75. The average molecular weight is 529 g/mol. The lowest BCUT2D eigenvalue weighted by atomic mass is 9.98. The van der Waals surface area contributed by atoms with E-state index in [1.165, 1.54) is 7.11 Å². The number of hydrogen-bond donors (Lipinski definition) is 1. The van der Waals surface area contributed by atoms with E-state index < -0.39 is 36.7 Å². The topological polar surface area (TPSA) is 83.5 Å². The average Bonchev–Trinajstić information content (AvgIpc) is 2.99. The first-order valence-electron chi connectivity index (χ1n) is 13.0. The highest BCUT2D eigenvalue weighted by Gasteiger charge is 2.48. The number of carbonyl (C=O) groups is 1. The van der Waals surface area contributed by atoms with Gasteiger partial charge in [-0.2, -0.15) is 0 Å². The Bertz CT molecular complexity index is 1340. The van der Waals surface area contributed by atoms with Crippen LogP contribution in [0, 0.1) is 0 Å². The summed E-state index contributed by atoms with van der Waals surface area (Å²) in [5.74, 6) is -0.558. The summed E-state index contributed by atoms with van der Waals surface area (Å²) in [6, 6.07) is 32.5. The van der Waals surface area contributed by atoms with Gasteiger partial charge in [-0.15, -0.1) is 0 Å². The van der Waals surface area contributed by atoms with Crippen LogP contribution in [-0.2, 0) is 36.9 Å². The van der Waals surface area contributed by atoms with Crippen LogP contribution < -0.4 is 0 Å². The zero-order chi connectivity index (χ0) is 27.0. The van der Waals surface area contributed by atoms with Crippen LogP contribution in [0.5, 0.6) is 0 Å². The molecular weight excluding hydrogens is 496 g/mol. The maximum Gasteiger partial charge on any atom is 0.338 e. The van der Waals surface area contributed by atoms with Crippen LogP contribution in [0.15, 0.2) is 103 Å². The Balaban J connectivity index is 1.29. The minimum absolute atomic E-state index is 0.0956. The zero-order valence-corrected chi connectivity index (χ0v) is 21.7. The fraction of sp³-hybridized carbons (Fsp3) is 0.281. The maximum absolute atomic E-state index is 12.9. The predicted octanol–water partition coefficient (Wildman–Crippen LogP) is 4.90. The molecule has 0 radical (unpaired) electrons. The van der Waals surface area contributed by atoms with Crippen molar-refractivity contribution < 1.29 is 33.6 Å². The van der Waals surface area contributed by atoms with Crippen molar-refractivity contribution in [2.75, 3.05) is 13.7 Å². The molecule has 0 aromatic heterocycles. The summed E-state index contributed by atoms with van der Waals surface area (Å²) in [7, 11) is 1.47. The van der Waals surface area contributed by atoms with Gasteiger partial charge in [0.2, 0.25) is 0 Å². The highest BCUT2D eigenvalue weighted by molar-refractivity contribution is 5.89. The van der Waals surface area contributed by atoms with E-state index in [0.717, 1.165) is 21.9 Å². The molecule has 1 aliphatic rings. The van der Waals surface area contributed by atoms with E-state index in [0.29, 0.717) is 12.2 Å². The Morgan fingerprint density at radius 1 is 0.795 bits per heavy atom. The fourth-order valence-electron chi connectivity index (χ4n) is 4.69. The Hall–Kier alpha value is -3.59. The van der Waals surface area contributed by atoms with Gasteiger partial charge >= 0.3 is 5.97 Å². The third kappa shape index (κ3) is 6.71. The molecule has 2 unspecified atom stereocenters. The van der Waals surface area contributed by atoms with Gasteiger partial charge in [-0.25, -0.2) is 4.79 Å². The minimum atomic E-state index is -1.13. The van der Waals surface area contributed by atoms with E-state index >= 15 is 0 Å². The van der Waals surface area contributed by atoms with Crippen LogP contribution in [-0.4, -0.2) is 55.5 Å². The van der Waals surface area contributed by atoms with Gasteiger partial charge in [-0.1, -0.05) is 84.9 Å². The Labute approximate surface area is 227 Å². The van der Waals surface area contributed by atoms with E-state index in [1.807, 2.05) is 54.6 Å². The molecular formula is C32H32O7. The second-order valence-electron chi connectivity index (χ2n) is 9.46.